The van der Waals surface area contributed by atoms with Crippen molar-refractivity contribution in [2.45, 2.75) is 11.8 Å². The number of pyridine rings is 1. The fourth-order valence-electron chi connectivity index (χ4n) is 1.56. The fraction of sp³-hybridized carbons (Fsp3) is 0.0833. The van der Waals surface area contributed by atoms with Gasteiger partial charge in [-0.15, -0.1) is 0 Å². The van der Waals surface area contributed by atoms with E-state index >= 15 is 0 Å². The summed E-state index contributed by atoms with van der Waals surface area (Å²) in [5.41, 5.74) is 6.35. The molecule has 0 spiro atoms. The number of nitrogens with two attached hydrogens (primary N) is 1. The van der Waals surface area contributed by atoms with Crippen molar-refractivity contribution >= 4 is 33.0 Å². The lowest BCUT2D eigenvalue weighted by molar-refractivity contribution is 0.596. The Hall–Kier alpha value is -1.86. The standard InChI is InChI=1S/C12H11ClFN3O2S/c1-7-4-9(6-16-12(7)13)17-20(18,19)11-5-8(14)2-3-10(11)15/h2-6,17H,15H2,1H3. The summed E-state index contributed by atoms with van der Waals surface area (Å²) in [5, 5.41) is 0.276. The molecule has 5 nitrogen and oxygen atoms in total. The molecule has 106 valence electrons. The molecule has 0 atom stereocenters. The Morgan fingerprint density at radius 3 is 2.70 bits per heavy atom. The number of aromatic nitrogens is 1. The van der Waals surface area contributed by atoms with E-state index in [1.807, 2.05) is 0 Å². The van der Waals surface area contributed by atoms with Gasteiger partial charge in [-0.3, -0.25) is 4.72 Å². The van der Waals surface area contributed by atoms with Crippen molar-refractivity contribution in [3.63, 3.8) is 0 Å². The first kappa shape index (κ1) is 14.5. The molecule has 0 aliphatic rings. The minimum absolute atomic E-state index is 0.0439. The van der Waals surface area contributed by atoms with Gasteiger partial charge in [0.25, 0.3) is 10.0 Å². The van der Waals surface area contributed by atoms with Crippen LogP contribution in [0.5, 0.6) is 0 Å². The first-order valence-electron chi connectivity index (χ1n) is 5.49. The molecule has 2 rings (SSSR count). The van der Waals surface area contributed by atoms with Gasteiger partial charge in [0, 0.05) is 0 Å². The molecule has 8 heteroatoms. The summed E-state index contributed by atoms with van der Waals surface area (Å²) in [6.45, 7) is 1.68. The maximum Gasteiger partial charge on any atom is 0.264 e. The summed E-state index contributed by atoms with van der Waals surface area (Å²) in [5.74, 6) is -0.690. The number of halogens is 2. The van der Waals surface area contributed by atoms with Crippen LogP contribution in [0.25, 0.3) is 0 Å². The van der Waals surface area contributed by atoms with Crippen molar-refractivity contribution in [3.8, 4) is 0 Å². The average Bonchev–Trinajstić information content (AvgIpc) is 2.36. The number of aryl methyl sites for hydroxylation is 1. The lowest BCUT2D eigenvalue weighted by Gasteiger charge is -2.10. The van der Waals surface area contributed by atoms with E-state index < -0.39 is 15.8 Å². The summed E-state index contributed by atoms with van der Waals surface area (Å²) in [6.07, 6.45) is 1.27. The molecule has 3 N–H and O–H groups in total. The molecule has 2 aromatic rings. The van der Waals surface area contributed by atoms with Crippen molar-refractivity contribution in [3.05, 3.63) is 47.0 Å². The van der Waals surface area contributed by atoms with Crippen LogP contribution >= 0.6 is 11.6 Å². The molecule has 1 heterocycles. The summed E-state index contributed by atoms with van der Waals surface area (Å²) >= 11 is 5.76. The van der Waals surface area contributed by atoms with Crippen LogP contribution in [0.2, 0.25) is 5.15 Å². The van der Waals surface area contributed by atoms with Crippen LogP contribution in [0.3, 0.4) is 0 Å². The van der Waals surface area contributed by atoms with Crippen LogP contribution in [0.1, 0.15) is 5.56 Å². The summed E-state index contributed by atoms with van der Waals surface area (Å²) in [7, 11) is -3.99. The normalized spacial score (nSPS) is 11.3. The van der Waals surface area contributed by atoms with Gasteiger partial charge in [-0.1, -0.05) is 11.6 Å². The quantitative estimate of drug-likeness (QED) is 0.673. The topological polar surface area (TPSA) is 85.1 Å². The van der Waals surface area contributed by atoms with Gasteiger partial charge in [0.1, 0.15) is 15.9 Å². The minimum Gasteiger partial charge on any atom is -0.398 e. The van der Waals surface area contributed by atoms with Gasteiger partial charge in [-0.05, 0) is 36.8 Å². The highest BCUT2D eigenvalue weighted by Gasteiger charge is 2.19. The van der Waals surface area contributed by atoms with Crippen LogP contribution in [-0.2, 0) is 10.0 Å². The highest BCUT2D eigenvalue weighted by atomic mass is 35.5. The zero-order valence-corrected chi connectivity index (χ0v) is 12.0. The third kappa shape index (κ3) is 3.00. The molecule has 0 bridgehead atoms. The molecule has 0 saturated heterocycles. The number of sulfonamides is 1. The first-order chi connectivity index (χ1) is 9.29. The fourth-order valence-corrected chi connectivity index (χ4v) is 2.85. The lowest BCUT2D eigenvalue weighted by atomic mass is 10.3. The Morgan fingerprint density at radius 2 is 2.05 bits per heavy atom. The average molecular weight is 316 g/mol. The SMILES string of the molecule is Cc1cc(NS(=O)(=O)c2cc(F)ccc2N)cnc1Cl. The molecule has 20 heavy (non-hydrogen) atoms. The van der Waals surface area contributed by atoms with Crippen LogP contribution in [-0.4, -0.2) is 13.4 Å². The Morgan fingerprint density at radius 1 is 1.35 bits per heavy atom. The molecule has 0 saturated carbocycles. The number of benzene rings is 1. The van der Waals surface area contributed by atoms with E-state index in [1.54, 1.807) is 6.92 Å². The summed E-state index contributed by atoms with van der Waals surface area (Å²) < 4.78 is 39.7. The molecule has 0 amide bonds. The number of nitrogens with one attached hydrogen (secondary N) is 1. The van der Waals surface area contributed by atoms with E-state index in [-0.39, 0.29) is 21.4 Å². The summed E-state index contributed by atoms with van der Waals surface area (Å²) in [6, 6.07) is 4.65. The van der Waals surface area contributed by atoms with Crippen LogP contribution < -0.4 is 10.5 Å². The van der Waals surface area contributed by atoms with Gasteiger partial charge in [0.15, 0.2) is 0 Å². The molecule has 0 unspecified atom stereocenters. The van der Waals surface area contributed by atoms with Crippen molar-refractivity contribution in [2.75, 3.05) is 10.5 Å². The van der Waals surface area contributed by atoms with E-state index in [1.165, 1.54) is 18.3 Å². The van der Waals surface area contributed by atoms with E-state index in [4.69, 9.17) is 17.3 Å². The predicted molar refractivity (Wildman–Crippen MR) is 75.6 cm³/mol. The first-order valence-corrected chi connectivity index (χ1v) is 7.36. The summed E-state index contributed by atoms with van der Waals surface area (Å²) in [4.78, 5) is 3.50. The van der Waals surface area contributed by atoms with Crippen molar-refractivity contribution in [2.24, 2.45) is 0 Å². The Bertz CT molecular complexity index is 765. The van der Waals surface area contributed by atoms with Gasteiger partial charge in [0.05, 0.1) is 17.6 Å². The largest absolute Gasteiger partial charge is 0.398 e. The van der Waals surface area contributed by atoms with E-state index in [0.29, 0.717) is 5.56 Å². The van der Waals surface area contributed by atoms with Gasteiger partial charge in [0.2, 0.25) is 0 Å². The van der Waals surface area contributed by atoms with Gasteiger partial charge in [-0.25, -0.2) is 17.8 Å². The van der Waals surface area contributed by atoms with Crippen LogP contribution in [0, 0.1) is 12.7 Å². The maximum absolute atomic E-state index is 13.2. The monoisotopic (exact) mass is 315 g/mol. The van der Waals surface area contributed by atoms with Gasteiger partial charge >= 0.3 is 0 Å². The zero-order chi connectivity index (χ0) is 14.9. The van der Waals surface area contributed by atoms with Crippen LogP contribution in [0.15, 0.2) is 35.4 Å². The smallest absolute Gasteiger partial charge is 0.264 e. The lowest BCUT2D eigenvalue weighted by Crippen LogP contribution is -2.15. The number of hydrogen-bond acceptors (Lipinski definition) is 4. The van der Waals surface area contributed by atoms with E-state index in [9.17, 15) is 12.8 Å². The highest BCUT2D eigenvalue weighted by molar-refractivity contribution is 7.92. The number of nitrogen functional groups attached to an aromatic ring is 1. The van der Waals surface area contributed by atoms with Gasteiger partial charge < -0.3 is 5.73 Å². The van der Waals surface area contributed by atoms with Crippen molar-refractivity contribution in [1.82, 2.24) is 4.98 Å². The Kier molecular flexibility index (Phi) is 3.82. The maximum atomic E-state index is 13.2. The van der Waals surface area contributed by atoms with Gasteiger partial charge in [-0.2, -0.15) is 0 Å². The van der Waals surface area contributed by atoms with E-state index in [0.717, 1.165) is 12.1 Å². The zero-order valence-electron chi connectivity index (χ0n) is 10.4. The number of rotatable bonds is 3. The second kappa shape index (κ2) is 5.26. The molecular formula is C12H11ClFN3O2S. The predicted octanol–water partition coefficient (Wildman–Crippen LogP) is 2.57. The molecule has 1 aromatic heterocycles. The third-order valence-electron chi connectivity index (χ3n) is 2.53. The molecule has 0 fully saturated rings. The molecule has 1 aromatic carbocycles. The van der Waals surface area contributed by atoms with Crippen molar-refractivity contribution < 1.29 is 12.8 Å². The molecule has 0 radical (unpaired) electrons. The molecule has 0 aliphatic carbocycles. The molecular weight excluding hydrogens is 305 g/mol. The minimum atomic E-state index is -3.99. The number of hydrogen-bond donors (Lipinski definition) is 2. The van der Waals surface area contributed by atoms with Crippen LogP contribution in [0.4, 0.5) is 15.8 Å². The third-order valence-corrected chi connectivity index (χ3v) is 4.36. The highest BCUT2D eigenvalue weighted by Crippen LogP contribution is 2.23. The number of anilines is 2. The number of nitrogens with zero attached hydrogens (tertiary/aromatic N) is 1. The Balaban J connectivity index is 2.40. The molecule has 0 aliphatic heterocycles. The van der Waals surface area contributed by atoms with Crippen molar-refractivity contribution in [1.29, 1.82) is 0 Å². The second-order valence-electron chi connectivity index (χ2n) is 4.12. The Labute approximate surface area is 120 Å². The van der Waals surface area contributed by atoms with E-state index in [2.05, 4.69) is 9.71 Å². The second-order valence-corrected chi connectivity index (χ2v) is 6.13.